The molecule has 9 heteroatoms. The fourth-order valence-corrected chi connectivity index (χ4v) is 3.29. The number of aromatic amines is 1. The van der Waals surface area contributed by atoms with Crippen LogP contribution in [0.5, 0.6) is 5.75 Å². The maximum atomic E-state index is 11.8. The number of nitrogens with one attached hydrogen (secondary N) is 1. The average Bonchev–Trinajstić information content (AvgIpc) is 2.68. The van der Waals surface area contributed by atoms with Gasteiger partial charge in [0, 0.05) is 0 Å². The molecule has 1 fully saturated rings. The van der Waals surface area contributed by atoms with Crippen molar-refractivity contribution < 1.29 is 20.1 Å². The number of nitrogens with zero attached hydrogens (tertiary/aromatic N) is 1. The van der Waals surface area contributed by atoms with Crippen molar-refractivity contribution in [2.45, 2.75) is 31.0 Å². The molecule has 2 heterocycles. The molecule has 4 N–H and O–H groups in total. The van der Waals surface area contributed by atoms with Gasteiger partial charge in [-0.1, -0.05) is 0 Å². The minimum absolute atomic E-state index is 0.503. The Bertz CT molecular complexity index is 705. The zero-order valence-corrected chi connectivity index (χ0v) is 13.4. The second kappa shape index (κ2) is 6.04. The molecule has 0 spiro atoms. The van der Waals surface area contributed by atoms with Gasteiger partial charge in [0.15, 0.2) is 12.0 Å². The Morgan fingerprint density at radius 2 is 2.00 bits per heavy atom. The first-order valence-electron chi connectivity index (χ1n) is 6.83. The SMILES string of the molecule is C=P(C)(C)CC[C@H]1O[C@@H](n2cc(O)c(=O)[nH]c2=O)[C@H](O)[C@@H]1O. The van der Waals surface area contributed by atoms with Crippen LogP contribution in [0, 0.1) is 0 Å². The van der Waals surface area contributed by atoms with Gasteiger partial charge < -0.3 is 20.1 Å². The van der Waals surface area contributed by atoms with Crippen molar-refractivity contribution in [3.63, 3.8) is 0 Å². The molecule has 1 aromatic heterocycles. The minimum atomic E-state index is -1.33. The number of H-pyrrole nitrogens is 1. The van der Waals surface area contributed by atoms with E-state index in [2.05, 4.69) is 6.30 Å². The largest absolute Gasteiger partial charge is 0.502 e. The maximum Gasteiger partial charge on any atom is 0.330 e. The number of aliphatic hydroxyl groups is 2. The first-order chi connectivity index (χ1) is 10.1. The highest BCUT2D eigenvalue weighted by Gasteiger charge is 2.44. The second-order valence-electron chi connectivity index (χ2n) is 6.18. The lowest BCUT2D eigenvalue weighted by atomic mass is 10.1. The molecule has 1 aromatic rings. The molecule has 1 aliphatic heterocycles. The van der Waals surface area contributed by atoms with Gasteiger partial charge in [0.25, 0.3) is 5.56 Å². The van der Waals surface area contributed by atoms with Crippen molar-refractivity contribution in [2.75, 3.05) is 19.5 Å². The lowest BCUT2D eigenvalue weighted by molar-refractivity contribution is -0.0405. The molecule has 0 saturated carbocycles. The number of hydrogen-bond acceptors (Lipinski definition) is 6. The molecule has 0 amide bonds. The Morgan fingerprint density at radius 3 is 2.59 bits per heavy atom. The van der Waals surface area contributed by atoms with Gasteiger partial charge >= 0.3 is 5.69 Å². The van der Waals surface area contributed by atoms with E-state index >= 15 is 0 Å². The molecule has 0 radical (unpaired) electrons. The van der Waals surface area contributed by atoms with Gasteiger partial charge in [0.05, 0.1) is 12.3 Å². The topological polar surface area (TPSA) is 125 Å². The highest BCUT2D eigenvalue weighted by atomic mass is 31.2. The molecule has 124 valence electrons. The first kappa shape index (κ1) is 17.0. The van der Waals surface area contributed by atoms with Crippen molar-refractivity contribution in [2.24, 2.45) is 0 Å². The summed E-state index contributed by atoms with van der Waals surface area (Å²) in [7, 11) is 0. The number of aliphatic hydroxyl groups excluding tert-OH is 2. The van der Waals surface area contributed by atoms with E-state index < -0.39 is 48.4 Å². The van der Waals surface area contributed by atoms with Gasteiger partial charge in [-0.05, 0) is 25.9 Å². The van der Waals surface area contributed by atoms with E-state index in [1.807, 2.05) is 18.3 Å². The number of aromatic hydroxyl groups is 1. The summed E-state index contributed by atoms with van der Waals surface area (Å²) >= 11 is 0. The van der Waals surface area contributed by atoms with Crippen LogP contribution in [-0.4, -0.2) is 69.0 Å². The molecule has 8 nitrogen and oxygen atoms in total. The van der Waals surface area contributed by atoms with E-state index in [0.29, 0.717) is 6.42 Å². The third kappa shape index (κ3) is 3.52. The van der Waals surface area contributed by atoms with Crippen molar-refractivity contribution in [1.82, 2.24) is 9.55 Å². The summed E-state index contributed by atoms with van der Waals surface area (Å²) in [4.78, 5) is 24.8. The van der Waals surface area contributed by atoms with Crippen molar-refractivity contribution in [3.05, 3.63) is 27.0 Å². The predicted molar refractivity (Wildman–Crippen MR) is 84.3 cm³/mol. The van der Waals surface area contributed by atoms with Crippen LogP contribution in [-0.2, 0) is 4.74 Å². The van der Waals surface area contributed by atoms with Gasteiger partial charge in [-0.3, -0.25) is 14.3 Å². The van der Waals surface area contributed by atoms with Gasteiger partial charge in [0.1, 0.15) is 12.2 Å². The van der Waals surface area contributed by atoms with Crippen LogP contribution in [0.15, 0.2) is 15.8 Å². The standard InChI is InChI=1S/C13H21N2O6P/c1-22(2,3)5-4-8-9(17)10(18)12(21-8)15-6-7(16)11(19)14-13(15)20/h6,8-10,12,16-18H,1,4-5H2,2-3H3,(H,14,19,20)/t8-,9-,10-,12-/m1/s1. The number of rotatable bonds is 4. The fraction of sp³-hybridized carbons (Fsp3) is 0.615. The van der Waals surface area contributed by atoms with E-state index in [1.165, 1.54) is 0 Å². The Balaban J connectivity index is 2.23. The highest BCUT2D eigenvalue weighted by molar-refractivity contribution is 7.72. The van der Waals surface area contributed by atoms with Crippen LogP contribution in [0.3, 0.4) is 0 Å². The van der Waals surface area contributed by atoms with Gasteiger partial charge in [-0.15, -0.1) is 13.2 Å². The minimum Gasteiger partial charge on any atom is -0.502 e. The Morgan fingerprint density at radius 1 is 1.36 bits per heavy atom. The Hall–Kier alpha value is -1.34. The fourth-order valence-electron chi connectivity index (χ4n) is 2.34. The van der Waals surface area contributed by atoms with Gasteiger partial charge in [-0.2, -0.15) is 0 Å². The molecule has 22 heavy (non-hydrogen) atoms. The smallest absolute Gasteiger partial charge is 0.330 e. The summed E-state index contributed by atoms with van der Waals surface area (Å²) in [5, 5.41) is 29.6. The first-order valence-corrected chi connectivity index (χ1v) is 9.89. The quantitative estimate of drug-likeness (QED) is 0.522. The van der Waals surface area contributed by atoms with Crippen molar-refractivity contribution in [1.29, 1.82) is 0 Å². The van der Waals surface area contributed by atoms with Crippen LogP contribution in [0.4, 0.5) is 0 Å². The van der Waals surface area contributed by atoms with Crippen LogP contribution in [0.2, 0.25) is 0 Å². The summed E-state index contributed by atoms with van der Waals surface area (Å²) in [6.45, 7) is 2.79. The Labute approximate surface area is 127 Å². The van der Waals surface area contributed by atoms with Crippen molar-refractivity contribution >= 4 is 13.2 Å². The normalized spacial score (nSPS) is 28.9. The summed E-state index contributed by atoms with van der Waals surface area (Å²) in [6, 6.07) is 0. The highest BCUT2D eigenvalue weighted by Crippen LogP contribution is 2.39. The lowest BCUT2D eigenvalue weighted by Crippen LogP contribution is -2.37. The molecular formula is C13H21N2O6P. The zero-order chi connectivity index (χ0) is 16.7. The van der Waals surface area contributed by atoms with Crippen LogP contribution >= 0.6 is 6.89 Å². The van der Waals surface area contributed by atoms with Gasteiger partial charge in [0.2, 0.25) is 0 Å². The van der Waals surface area contributed by atoms with E-state index in [-0.39, 0.29) is 0 Å². The van der Waals surface area contributed by atoms with E-state index in [9.17, 15) is 24.9 Å². The number of aromatic nitrogens is 2. The van der Waals surface area contributed by atoms with Gasteiger partial charge in [-0.25, -0.2) is 4.79 Å². The molecule has 0 aromatic carbocycles. The molecule has 1 saturated heterocycles. The second-order valence-corrected chi connectivity index (χ2v) is 10.5. The van der Waals surface area contributed by atoms with Crippen LogP contribution < -0.4 is 11.2 Å². The summed E-state index contributed by atoms with van der Waals surface area (Å²) < 4.78 is 6.43. The predicted octanol–water partition coefficient (Wildman–Crippen LogP) is -1.04. The third-order valence-corrected chi connectivity index (χ3v) is 5.05. The summed E-state index contributed by atoms with van der Waals surface area (Å²) in [5.41, 5.74) is -1.75. The molecule has 1 aliphatic rings. The number of ether oxygens (including phenoxy) is 1. The lowest BCUT2D eigenvalue weighted by Gasteiger charge is -2.18. The van der Waals surface area contributed by atoms with Crippen molar-refractivity contribution in [3.8, 4) is 5.75 Å². The summed E-state index contributed by atoms with van der Waals surface area (Å²) in [5.74, 6) is -0.668. The monoisotopic (exact) mass is 332 g/mol. The third-order valence-electron chi connectivity index (χ3n) is 3.58. The molecule has 2 rings (SSSR count). The van der Waals surface area contributed by atoms with Crippen LogP contribution in [0.25, 0.3) is 0 Å². The maximum absolute atomic E-state index is 11.8. The molecule has 0 bridgehead atoms. The number of hydrogen-bond donors (Lipinski definition) is 4. The van der Waals surface area contributed by atoms with E-state index in [4.69, 9.17) is 4.74 Å². The summed E-state index contributed by atoms with van der Waals surface area (Å²) in [6.07, 6.45) is 1.94. The molecule has 0 aliphatic carbocycles. The zero-order valence-electron chi connectivity index (χ0n) is 12.5. The Kier molecular flexibility index (Phi) is 4.67. The average molecular weight is 332 g/mol. The van der Waals surface area contributed by atoms with E-state index in [1.54, 1.807) is 0 Å². The van der Waals surface area contributed by atoms with Crippen LogP contribution in [0.1, 0.15) is 12.6 Å². The molecule has 0 unspecified atom stereocenters. The molecule has 4 atom stereocenters. The van der Waals surface area contributed by atoms with E-state index in [0.717, 1.165) is 16.9 Å². The molecular weight excluding hydrogens is 311 g/mol.